The summed E-state index contributed by atoms with van der Waals surface area (Å²) < 4.78 is 37.5. The summed E-state index contributed by atoms with van der Waals surface area (Å²) in [6.07, 6.45) is 0. The zero-order valence-electron chi connectivity index (χ0n) is 11.8. The number of methoxy groups -OCH3 is 1. The van der Waals surface area contributed by atoms with Crippen molar-refractivity contribution in [2.24, 2.45) is 0 Å². The maximum absolute atomic E-state index is 12.3. The third-order valence-corrected chi connectivity index (χ3v) is 4.50. The van der Waals surface area contributed by atoms with Gasteiger partial charge in [-0.15, -0.1) is 0 Å². The van der Waals surface area contributed by atoms with Gasteiger partial charge in [0.2, 0.25) is 10.0 Å². The second-order valence-electron chi connectivity index (χ2n) is 4.36. The van der Waals surface area contributed by atoms with Crippen LogP contribution >= 0.6 is 11.6 Å². The number of nitrogens with zero attached hydrogens (tertiary/aromatic N) is 1. The molecule has 0 radical (unpaired) electrons. The van der Waals surface area contributed by atoms with Crippen molar-refractivity contribution < 1.29 is 17.6 Å². The van der Waals surface area contributed by atoms with Crippen LogP contribution in [0.2, 0.25) is 5.02 Å². The number of benzene rings is 1. The molecule has 0 aliphatic carbocycles. The van der Waals surface area contributed by atoms with Gasteiger partial charge in [0.1, 0.15) is 16.4 Å². The van der Waals surface area contributed by atoms with Crippen LogP contribution in [0.25, 0.3) is 0 Å². The van der Waals surface area contributed by atoms with E-state index in [0.29, 0.717) is 22.4 Å². The van der Waals surface area contributed by atoms with Crippen LogP contribution in [0.5, 0.6) is 5.75 Å². The lowest BCUT2D eigenvalue weighted by Crippen LogP contribution is -2.24. The van der Waals surface area contributed by atoms with Crippen LogP contribution in [0.3, 0.4) is 0 Å². The molecule has 0 saturated carbocycles. The maximum Gasteiger partial charge on any atom is 0.244 e. The van der Waals surface area contributed by atoms with E-state index in [1.807, 2.05) is 0 Å². The Hall–Kier alpha value is -1.57. The van der Waals surface area contributed by atoms with Crippen molar-refractivity contribution in [3.05, 3.63) is 40.6 Å². The Labute approximate surface area is 128 Å². The number of aryl methyl sites for hydroxylation is 2. The zero-order chi connectivity index (χ0) is 15.6. The van der Waals surface area contributed by atoms with Gasteiger partial charge in [0.05, 0.1) is 19.3 Å². The SMILES string of the molecule is COc1ccc(Cl)cc1S(=O)(=O)NCc1oc(C)nc1C. The molecule has 6 nitrogen and oxygen atoms in total. The Balaban J connectivity index is 2.26. The molecule has 0 bridgehead atoms. The van der Waals surface area contributed by atoms with Crippen LogP contribution in [0.15, 0.2) is 27.5 Å². The van der Waals surface area contributed by atoms with Crippen molar-refractivity contribution in [3.63, 3.8) is 0 Å². The van der Waals surface area contributed by atoms with E-state index < -0.39 is 10.0 Å². The van der Waals surface area contributed by atoms with Crippen molar-refractivity contribution in [3.8, 4) is 5.75 Å². The fourth-order valence-corrected chi connectivity index (χ4v) is 3.25. The van der Waals surface area contributed by atoms with Gasteiger partial charge in [-0.1, -0.05) is 11.6 Å². The Kier molecular flexibility index (Phi) is 4.55. The van der Waals surface area contributed by atoms with Gasteiger partial charge in [0.15, 0.2) is 5.89 Å². The van der Waals surface area contributed by atoms with Crippen molar-refractivity contribution in [2.45, 2.75) is 25.3 Å². The summed E-state index contributed by atoms with van der Waals surface area (Å²) in [5.74, 6) is 1.18. The van der Waals surface area contributed by atoms with Gasteiger partial charge < -0.3 is 9.15 Å². The van der Waals surface area contributed by atoms with E-state index in [2.05, 4.69) is 9.71 Å². The maximum atomic E-state index is 12.3. The number of sulfonamides is 1. The standard InChI is InChI=1S/C13H15ClN2O4S/c1-8-12(20-9(2)16-8)7-15-21(17,18)13-6-10(14)4-5-11(13)19-3/h4-6,15H,7H2,1-3H3. The second kappa shape index (κ2) is 6.05. The van der Waals surface area contributed by atoms with Gasteiger partial charge >= 0.3 is 0 Å². The average Bonchev–Trinajstić information content (AvgIpc) is 2.75. The third-order valence-electron chi connectivity index (χ3n) is 2.84. The molecule has 1 heterocycles. The normalized spacial score (nSPS) is 11.6. The fourth-order valence-electron chi connectivity index (χ4n) is 1.84. The zero-order valence-corrected chi connectivity index (χ0v) is 13.4. The molecule has 0 atom stereocenters. The highest BCUT2D eigenvalue weighted by Gasteiger charge is 2.21. The molecule has 114 valence electrons. The summed E-state index contributed by atoms with van der Waals surface area (Å²) in [4.78, 5) is 4.06. The first-order valence-electron chi connectivity index (χ1n) is 6.09. The lowest BCUT2D eigenvalue weighted by molar-refractivity contribution is 0.402. The molecule has 0 unspecified atom stereocenters. The number of hydrogen-bond donors (Lipinski definition) is 1. The number of halogens is 1. The summed E-state index contributed by atoms with van der Waals surface area (Å²) in [6, 6.07) is 4.39. The quantitative estimate of drug-likeness (QED) is 0.910. The molecule has 2 rings (SSSR count). The van der Waals surface area contributed by atoms with E-state index in [9.17, 15) is 8.42 Å². The van der Waals surface area contributed by atoms with E-state index in [-0.39, 0.29) is 17.2 Å². The molecule has 1 aromatic carbocycles. The largest absolute Gasteiger partial charge is 0.495 e. The summed E-state index contributed by atoms with van der Waals surface area (Å²) >= 11 is 5.85. The Morgan fingerprint density at radius 2 is 2.10 bits per heavy atom. The highest BCUT2D eigenvalue weighted by atomic mass is 35.5. The number of aromatic nitrogens is 1. The molecule has 1 N–H and O–H groups in total. The van der Waals surface area contributed by atoms with Crippen molar-refractivity contribution in [1.29, 1.82) is 0 Å². The predicted octanol–water partition coefficient (Wildman–Crippen LogP) is 2.43. The molecule has 0 amide bonds. The van der Waals surface area contributed by atoms with E-state index >= 15 is 0 Å². The van der Waals surface area contributed by atoms with Crippen LogP contribution < -0.4 is 9.46 Å². The van der Waals surface area contributed by atoms with Gasteiger partial charge in [-0.3, -0.25) is 0 Å². The predicted molar refractivity (Wildman–Crippen MR) is 78.0 cm³/mol. The van der Waals surface area contributed by atoms with E-state index in [0.717, 1.165) is 0 Å². The first-order chi connectivity index (χ1) is 9.83. The molecule has 8 heteroatoms. The molecule has 1 aromatic heterocycles. The molecule has 0 aliphatic heterocycles. The van der Waals surface area contributed by atoms with Crippen molar-refractivity contribution in [2.75, 3.05) is 7.11 Å². The highest BCUT2D eigenvalue weighted by Crippen LogP contribution is 2.27. The Morgan fingerprint density at radius 3 is 2.67 bits per heavy atom. The average molecular weight is 331 g/mol. The summed E-state index contributed by atoms with van der Waals surface area (Å²) in [6.45, 7) is 3.45. The van der Waals surface area contributed by atoms with Gasteiger partial charge in [-0.2, -0.15) is 0 Å². The highest BCUT2D eigenvalue weighted by molar-refractivity contribution is 7.89. The molecule has 0 aliphatic rings. The summed E-state index contributed by atoms with van der Waals surface area (Å²) in [7, 11) is -2.38. The van der Waals surface area contributed by atoms with Gasteiger partial charge in [0.25, 0.3) is 0 Å². The monoisotopic (exact) mass is 330 g/mol. The minimum absolute atomic E-state index is 0.00464. The van der Waals surface area contributed by atoms with E-state index in [1.165, 1.54) is 19.2 Å². The number of oxazole rings is 1. The lowest BCUT2D eigenvalue weighted by atomic mass is 10.3. The van der Waals surface area contributed by atoms with Crippen LogP contribution in [0.4, 0.5) is 0 Å². The van der Waals surface area contributed by atoms with Crippen molar-refractivity contribution in [1.82, 2.24) is 9.71 Å². The third kappa shape index (κ3) is 3.55. The molecular weight excluding hydrogens is 316 g/mol. The van der Waals surface area contributed by atoms with Crippen LogP contribution in [0, 0.1) is 13.8 Å². The second-order valence-corrected chi connectivity index (χ2v) is 6.53. The Bertz CT molecular complexity index is 756. The molecule has 0 fully saturated rings. The number of nitrogens with one attached hydrogen (secondary N) is 1. The van der Waals surface area contributed by atoms with E-state index in [1.54, 1.807) is 19.9 Å². The smallest absolute Gasteiger partial charge is 0.244 e. The van der Waals surface area contributed by atoms with Gasteiger partial charge in [-0.05, 0) is 25.1 Å². The molecule has 0 saturated heterocycles. The van der Waals surface area contributed by atoms with Gasteiger partial charge in [-0.25, -0.2) is 18.1 Å². The van der Waals surface area contributed by atoms with Crippen LogP contribution in [-0.4, -0.2) is 20.5 Å². The summed E-state index contributed by atoms with van der Waals surface area (Å²) in [5.41, 5.74) is 0.647. The molecule has 2 aromatic rings. The number of rotatable bonds is 5. The lowest BCUT2D eigenvalue weighted by Gasteiger charge is -2.10. The van der Waals surface area contributed by atoms with E-state index in [4.69, 9.17) is 20.8 Å². The topological polar surface area (TPSA) is 81.4 Å². The number of ether oxygens (including phenoxy) is 1. The minimum atomic E-state index is -3.78. The first-order valence-corrected chi connectivity index (χ1v) is 7.95. The molecular formula is C13H15ClN2O4S. The number of hydrogen-bond acceptors (Lipinski definition) is 5. The van der Waals surface area contributed by atoms with Crippen LogP contribution in [0.1, 0.15) is 17.3 Å². The fraction of sp³-hybridized carbons (Fsp3) is 0.308. The Morgan fingerprint density at radius 1 is 1.38 bits per heavy atom. The summed E-state index contributed by atoms with van der Waals surface area (Å²) in [5, 5.41) is 0.308. The van der Waals surface area contributed by atoms with Gasteiger partial charge in [0, 0.05) is 11.9 Å². The minimum Gasteiger partial charge on any atom is -0.495 e. The first kappa shape index (κ1) is 15.8. The molecule has 0 spiro atoms. The van der Waals surface area contributed by atoms with Crippen molar-refractivity contribution >= 4 is 21.6 Å². The van der Waals surface area contributed by atoms with Crippen LogP contribution in [-0.2, 0) is 16.6 Å². The molecule has 21 heavy (non-hydrogen) atoms.